The second-order valence-electron chi connectivity index (χ2n) is 16.0. The lowest BCUT2D eigenvalue weighted by atomic mass is 9.89. The van der Waals surface area contributed by atoms with Gasteiger partial charge < -0.3 is 29.4 Å². The number of phenols is 1. The predicted octanol–water partition coefficient (Wildman–Crippen LogP) is 3.18. The van der Waals surface area contributed by atoms with Crippen LogP contribution in [0.5, 0.6) is 5.75 Å². The zero-order valence-corrected chi connectivity index (χ0v) is 37.9. The van der Waals surface area contributed by atoms with Gasteiger partial charge in [-0.2, -0.15) is 0 Å². The van der Waals surface area contributed by atoms with Crippen molar-refractivity contribution in [3.63, 3.8) is 0 Å². The Hall–Kier alpha value is -6.46. The van der Waals surface area contributed by atoms with Crippen LogP contribution in [-0.4, -0.2) is 107 Å². The van der Waals surface area contributed by atoms with Gasteiger partial charge in [-0.25, -0.2) is 14.2 Å². The number of nitrogens with zero attached hydrogens (tertiary/aromatic N) is 2. The standard InChI is InChI=1S/C44H46N5O17PS/c1-23-21-49(44(60)45-40(23)55)38-19-31(52)34(66-38)22-64-67(61,62)63-14-15-68-35-20-37(54)48(42(35)57)13-5-3-2-4-6-36(53)46-47-41(56)24-7-10-27(43(58)59)30(16-24)39-28-11-8-25(50)17-32(28)65-33-18-26(51)9-12-29(33)39/h7-12,16-18,21,31,34-35,38,50,52H,2-6,13-15,19-20,22H2,1H3,(H,46,53)(H,47,56)(H,58,59)(H,61,62)(H,45,55,60). The van der Waals surface area contributed by atoms with Crippen LogP contribution in [-0.2, 0) is 32.7 Å². The predicted molar refractivity (Wildman–Crippen MR) is 242 cm³/mol. The number of hydrogen-bond donors (Lipinski definition) is 7. The number of aryl methyl sites for hydroxylation is 1. The number of carboxylic acid groups (broad SMARTS) is 1. The summed E-state index contributed by atoms with van der Waals surface area (Å²) in [5.74, 6) is -3.22. The minimum Gasteiger partial charge on any atom is -0.508 e. The number of hydrazine groups is 1. The van der Waals surface area contributed by atoms with E-state index in [1.165, 1.54) is 67.7 Å². The third-order valence-electron chi connectivity index (χ3n) is 11.2. The molecule has 7 N–H and O–H groups in total. The molecule has 5 unspecified atom stereocenters. The maximum Gasteiger partial charge on any atom is 0.472 e. The van der Waals surface area contributed by atoms with Crippen LogP contribution in [0.1, 0.15) is 77.5 Å². The molecule has 68 heavy (non-hydrogen) atoms. The van der Waals surface area contributed by atoms with Crippen LogP contribution in [0.15, 0.2) is 79.6 Å². The summed E-state index contributed by atoms with van der Waals surface area (Å²) in [6, 6.07) is 12.1. The molecule has 2 saturated heterocycles. The number of benzene rings is 3. The van der Waals surface area contributed by atoms with E-state index in [2.05, 4.69) is 15.8 Å². The number of phosphoric acid groups is 1. The molecule has 1 aliphatic carbocycles. The molecule has 24 heteroatoms. The van der Waals surface area contributed by atoms with E-state index in [0.717, 1.165) is 21.2 Å². The van der Waals surface area contributed by atoms with Crippen molar-refractivity contribution in [1.82, 2.24) is 25.3 Å². The highest BCUT2D eigenvalue weighted by atomic mass is 32.2. The van der Waals surface area contributed by atoms with Crippen LogP contribution in [0.25, 0.3) is 33.4 Å². The van der Waals surface area contributed by atoms with Gasteiger partial charge in [0.2, 0.25) is 17.7 Å². The fourth-order valence-corrected chi connectivity index (χ4v) is 9.65. The molecule has 0 radical (unpaired) electrons. The van der Waals surface area contributed by atoms with Crippen LogP contribution in [0.4, 0.5) is 0 Å². The quantitative estimate of drug-likeness (QED) is 0.0205. The van der Waals surface area contributed by atoms with Crippen LogP contribution < -0.4 is 27.5 Å². The molecular weight excluding hydrogens is 934 g/mol. The SMILES string of the molecule is Cc1cn(C2CC(O)C(COP(=O)(O)OCCSC3CC(=O)N(CCCCCCC(=O)NNC(=O)c4ccc(C(=O)O)c(-c5c6ccc(=O)cc-6oc6cc(O)ccc56)c4)C3=O)O2)c(=O)[nH]c1=O. The van der Waals surface area contributed by atoms with Crippen molar-refractivity contribution in [2.45, 2.75) is 75.6 Å². The van der Waals surface area contributed by atoms with Gasteiger partial charge in [0.1, 0.15) is 29.4 Å². The Kier molecular flexibility index (Phi) is 15.4. The number of nitrogens with one attached hydrogen (secondary N) is 3. The number of aromatic amines is 1. The van der Waals surface area contributed by atoms with Gasteiger partial charge >= 0.3 is 19.5 Å². The van der Waals surface area contributed by atoms with Gasteiger partial charge in [-0.05, 0) is 67.8 Å². The lowest BCUT2D eigenvalue weighted by Crippen LogP contribution is -2.41. The second kappa shape index (κ2) is 21.2. The molecule has 1 aromatic heterocycles. The number of aliphatic hydroxyl groups excluding tert-OH is 1. The smallest absolute Gasteiger partial charge is 0.472 e. The Morgan fingerprint density at radius 1 is 0.956 bits per heavy atom. The molecule has 5 atom stereocenters. The highest BCUT2D eigenvalue weighted by Gasteiger charge is 2.40. The average molecular weight is 980 g/mol. The number of ether oxygens (including phenoxy) is 1. The molecule has 4 heterocycles. The third kappa shape index (κ3) is 11.6. The Bertz CT molecular complexity index is 2970. The van der Waals surface area contributed by atoms with E-state index < -0.39 is 73.1 Å². The minimum absolute atomic E-state index is 0.0119. The third-order valence-corrected chi connectivity index (χ3v) is 13.4. The first-order valence-corrected chi connectivity index (χ1v) is 23.8. The van der Waals surface area contributed by atoms with Gasteiger partial charge in [0, 0.05) is 77.5 Å². The molecule has 7 rings (SSSR count). The number of likely N-dealkylation sites (tertiary alicyclic amines) is 1. The summed E-state index contributed by atoms with van der Waals surface area (Å²) >= 11 is 1.08. The van der Waals surface area contributed by atoms with E-state index in [9.17, 15) is 63.1 Å². The number of fused-ring (bicyclic) bond motifs is 2. The lowest BCUT2D eigenvalue weighted by Gasteiger charge is -2.18. The number of phosphoric ester groups is 1. The number of carbonyl (C=O) groups excluding carboxylic acids is 4. The highest BCUT2D eigenvalue weighted by Crippen LogP contribution is 2.45. The van der Waals surface area contributed by atoms with Crippen molar-refractivity contribution >= 4 is 60.2 Å². The Balaban J connectivity index is 0.805. The number of aromatic hydroxyl groups is 1. The monoisotopic (exact) mass is 979 g/mol. The summed E-state index contributed by atoms with van der Waals surface area (Å²) < 4.78 is 35.1. The van der Waals surface area contributed by atoms with Gasteiger partial charge in [0.05, 0.1) is 30.1 Å². The number of phenolic OH excluding ortho intramolecular Hbond substituents is 1. The first kappa shape index (κ1) is 49.4. The number of aromatic nitrogens is 2. The Labute approximate surface area is 389 Å². The molecule has 2 aromatic carbocycles. The fourth-order valence-electron chi connectivity index (χ4n) is 7.80. The van der Waals surface area contributed by atoms with Crippen LogP contribution in [0.2, 0.25) is 0 Å². The van der Waals surface area contributed by atoms with E-state index >= 15 is 0 Å². The normalized spacial score (nSPS) is 19.1. The summed E-state index contributed by atoms with van der Waals surface area (Å²) in [4.78, 5) is 113. The summed E-state index contributed by atoms with van der Waals surface area (Å²) in [5, 5.41) is 30.2. The van der Waals surface area contributed by atoms with Crippen LogP contribution in [0.3, 0.4) is 0 Å². The lowest BCUT2D eigenvalue weighted by molar-refractivity contribution is -0.138. The summed E-state index contributed by atoms with van der Waals surface area (Å²) in [6.07, 6.45) is 0.0472. The van der Waals surface area contributed by atoms with Gasteiger partial charge in [-0.3, -0.25) is 63.1 Å². The number of carbonyl (C=O) groups is 5. The van der Waals surface area contributed by atoms with Gasteiger partial charge in [0.25, 0.3) is 11.5 Å². The minimum atomic E-state index is -4.63. The van der Waals surface area contributed by atoms with Gasteiger partial charge in [-0.1, -0.05) is 12.8 Å². The zero-order valence-electron chi connectivity index (χ0n) is 36.2. The van der Waals surface area contributed by atoms with E-state index in [1.807, 2.05) is 0 Å². The number of imide groups is 1. The molecule has 2 fully saturated rings. The molecule has 0 bridgehead atoms. The number of H-pyrrole nitrogens is 1. The van der Waals surface area contributed by atoms with E-state index in [0.29, 0.717) is 42.2 Å². The summed E-state index contributed by atoms with van der Waals surface area (Å²) in [5.41, 5.74) is 4.13. The van der Waals surface area contributed by atoms with E-state index in [-0.39, 0.29) is 88.8 Å². The van der Waals surface area contributed by atoms with Crippen molar-refractivity contribution in [3.8, 4) is 28.2 Å². The number of rotatable bonds is 19. The van der Waals surface area contributed by atoms with Gasteiger partial charge in [0.15, 0.2) is 5.43 Å². The first-order chi connectivity index (χ1) is 32.4. The van der Waals surface area contributed by atoms with Crippen LogP contribution in [0, 0.1) is 6.92 Å². The maximum atomic E-state index is 13.2. The van der Waals surface area contributed by atoms with Crippen molar-refractivity contribution in [1.29, 1.82) is 0 Å². The number of hydrogen-bond acceptors (Lipinski definition) is 16. The zero-order chi connectivity index (χ0) is 48.9. The number of unbranched alkanes of at least 4 members (excludes halogenated alkanes) is 3. The van der Waals surface area contributed by atoms with Crippen molar-refractivity contribution < 1.29 is 67.0 Å². The summed E-state index contributed by atoms with van der Waals surface area (Å²) in [7, 11) is -4.63. The van der Waals surface area contributed by atoms with Crippen molar-refractivity contribution in [3.05, 3.63) is 109 Å². The van der Waals surface area contributed by atoms with Gasteiger partial charge in [-0.15, -0.1) is 11.8 Å². The topological polar surface area (TPSA) is 323 Å². The highest BCUT2D eigenvalue weighted by molar-refractivity contribution is 8.00. The van der Waals surface area contributed by atoms with Crippen molar-refractivity contribution in [2.24, 2.45) is 0 Å². The molecule has 22 nitrogen and oxygen atoms in total. The van der Waals surface area contributed by atoms with E-state index in [1.54, 1.807) is 0 Å². The molecule has 0 saturated carbocycles. The number of aliphatic hydroxyl groups is 1. The number of aromatic carboxylic acids is 1. The number of thioether (sulfide) groups is 1. The molecule has 3 aromatic rings. The molecule has 0 spiro atoms. The van der Waals surface area contributed by atoms with E-state index in [4.69, 9.17) is 18.2 Å². The molecule has 3 aliphatic heterocycles. The fraction of sp³-hybridized carbons (Fsp3) is 0.364. The maximum absolute atomic E-state index is 13.2. The number of amides is 4. The molecule has 4 aliphatic rings. The number of carboxylic acids is 1. The largest absolute Gasteiger partial charge is 0.508 e. The molecular formula is C44H46N5O17PS. The van der Waals surface area contributed by atoms with Crippen molar-refractivity contribution in [2.75, 3.05) is 25.5 Å². The molecule has 360 valence electrons. The Morgan fingerprint density at radius 3 is 2.51 bits per heavy atom. The summed E-state index contributed by atoms with van der Waals surface area (Å²) in [6.45, 7) is 0.794. The average Bonchev–Trinajstić information content (AvgIpc) is 3.80. The Morgan fingerprint density at radius 2 is 1.74 bits per heavy atom. The first-order valence-electron chi connectivity index (χ1n) is 21.3. The van der Waals surface area contributed by atoms with Crippen LogP contribution >= 0.6 is 19.6 Å². The second-order valence-corrected chi connectivity index (χ2v) is 18.8. The molecule has 4 amide bonds.